The SMILES string of the molecule is Cc1nn(C)c(Cl)c1S(=O)(=O)Nc1cc(C(O)CNC(C)(C)CCn2cnc(-c3ccccc3)c2)ccc1O. The number of hydrogen-bond acceptors (Lipinski definition) is 7. The average molecular weight is 573 g/mol. The number of nitrogens with one attached hydrogen (secondary N) is 2. The lowest BCUT2D eigenvalue weighted by atomic mass is 9.99. The molecule has 2 aromatic heterocycles. The molecule has 0 aliphatic heterocycles. The first kappa shape index (κ1) is 28.6. The van der Waals surface area contributed by atoms with E-state index in [1.807, 2.05) is 61.3 Å². The maximum atomic E-state index is 13.0. The molecule has 4 aromatic rings. The van der Waals surface area contributed by atoms with E-state index in [1.165, 1.54) is 30.8 Å². The molecule has 1 atom stereocenters. The third-order valence-corrected chi connectivity index (χ3v) is 8.55. The third kappa shape index (κ3) is 6.80. The molecule has 0 radical (unpaired) electrons. The summed E-state index contributed by atoms with van der Waals surface area (Å²) in [6.07, 6.45) is 3.65. The van der Waals surface area contributed by atoms with Gasteiger partial charge in [0, 0.05) is 37.4 Å². The van der Waals surface area contributed by atoms with Gasteiger partial charge in [0.2, 0.25) is 0 Å². The van der Waals surface area contributed by atoms with Gasteiger partial charge >= 0.3 is 0 Å². The number of halogens is 1. The maximum Gasteiger partial charge on any atom is 0.266 e. The van der Waals surface area contributed by atoms with Crippen LogP contribution in [0.5, 0.6) is 5.75 Å². The maximum absolute atomic E-state index is 13.0. The van der Waals surface area contributed by atoms with Crippen LogP contribution in [0.3, 0.4) is 0 Å². The van der Waals surface area contributed by atoms with Gasteiger partial charge in [0.05, 0.1) is 29.5 Å². The number of aliphatic hydroxyl groups excluding tert-OH is 1. The van der Waals surface area contributed by atoms with Crippen LogP contribution in [0, 0.1) is 6.92 Å². The zero-order valence-electron chi connectivity index (χ0n) is 22.3. The number of rotatable bonds is 11. The number of nitrogens with zero attached hydrogens (tertiary/aromatic N) is 4. The van der Waals surface area contributed by atoms with Crippen LogP contribution in [0.25, 0.3) is 11.3 Å². The molecule has 4 rings (SSSR count). The number of anilines is 1. The van der Waals surface area contributed by atoms with Crippen molar-refractivity contribution >= 4 is 27.3 Å². The minimum absolute atomic E-state index is 0.0471. The Morgan fingerprint density at radius 3 is 2.54 bits per heavy atom. The molecule has 12 heteroatoms. The molecule has 39 heavy (non-hydrogen) atoms. The van der Waals surface area contributed by atoms with Gasteiger partial charge in [0.1, 0.15) is 15.8 Å². The van der Waals surface area contributed by atoms with Gasteiger partial charge in [0.15, 0.2) is 0 Å². The highest BCUT2D eigenvalue weighted by Gasteiger charge is 2.27. The van der Waals surface area contributed by atoms with Crippen molar-refractivity contribution < 1.29 is 18.6 Å². The van der Waals surface area contributed by atoms with E-state index in [9.17, 15) is 18.6 Å². The van der Waals surface area contributed by atoms with Crippen molar-refractivity contribution in [1.82, 2.24) is 24.6 Å². The van der Waals surface area contributed by atoms with Gasteiger partial charge in [-0.3, -0.25) is 9.40 Å². The zero-order valence-corrected chi connectivity index (χ0v) is 23.8. The predicted molar refractivity (Wildman–Crippen MR) is 151 cm³/mol. The van der Waals surface area contributed by atoms with Crippen molar-refractivity contribution in [3.63, 3.8) is 0 Å². The van der Waals surface area contributed by atoms with E-state index in [0.29, 0.717) is 5.56 Å². The molecule has 0 amide bonds. The summed E-state index contributed by atoms with van der Waals surface area (Å²) in [4.78, 5) is 4.32. The average Bonchev–Trinajstić information content (AvgIpc) is 3.47. The second kappa shape index (κ2) is 11.4. The van der Waals surface area contributed by atoms with Gasteiger partial charge in [0.25, 0.3) is 10.0 Å². The van der Waals surface area contributed by atoms with Gasteiger partial charge in [-0.05, 0) is 44.9 Å². The first-order valence-electron chi connectivity index (χ1n) is 12.4. The molecule has 2 aromatic carbocycles. The van der Waals surface area contributed by atoms with E-state index in [-0.39, 0.29) is 39.3 Å². The first-order valence-corrected chi connectivity index (χ1v) is 14.3. The van der Waals surface area contributed by atoms with Crippen molar-refractivity contribution in [2.45, 2.75) is 50.3 Å². The first-order chi connectivity index (χ1) is 18.4. The van der Waals surface area contributed by atoms with E-state index < -0.39 is 16.1 Å². The largest absolute Gasteiger partial charge is 0.506 e. The number of hydrogen-bond donors (Lipinski definition) is 4. The molecule has 0 aliphatic rings. The molecule has 1 unspecified atom stereocenters. The number of imidazole rings is 1. The Hall–Kier alpha value is -3.38. The molecular formula is C27H33ClN6O4S. The van der Waals surface area contributed by atoms with Crippen molar-refractivity contribution in [1.29, 1.82) is 0 Å². The Morgan fingerprint density at radius 2 is 1.87 bits per heavy atom. The highest BCUT2D eigenvalue weighted by molar-refractivity contribution is 7.92. The number of sulfonamides is 1. The van der Waals surface area contributed by atoms with Crippen molar-refractivity contribution in [2.75, 3.05) is 11.3 Å². The molecule has 0 aliphatic carbocycles. The highest BCUT2D eigenvalue weighted by Crippen LogP contribution is 2.32. The number of aliphatic hydroxyl groups is 1. The smallest absolute Gasteiger partial charge is 0.266 e. The summed E-state index contributed by atoms with van der Waals surface area (Å²) in [6, 6.07) is 14.3. The fourth-order valence-corrected chi connectivity index (χ4v) is 6.00. The van der Waals surface area contributed by atoms with Gasteiger partial charge in [-0.2, -0.15) is 5.10 Å². The summed E-state index contributed by atoms with van der Waals surface area (Å²) < 4.78 is 31.6. The fourth-order valence-electron chi connectivity index (χ4n) is 4.18. The summed E-state index contributed by atoms with van der Waals surface area (Å²) in [5.41, 5.74) is 2.25. The van der Waals surface area contributed by atoms with Gasteiger partial charge in [-0.1, -0.05) is 48.0 Å². The number of aromatic hydroxyl groups is 1. The Kier molecular flexibility index (Phi) is 8.36. The highest BCUT2D eigenvalue weighted by atomic mass is 35.5. The van der Waals surface area contributed by atoms with Crippen LogP contribution in [0.2, 0.25) is 5.15 Å². The summed E-state index contributed by atoms with van der Waals surface area (Å²) in [7, 11) is -2.60. The molecule has 0 saturated carbocycles. The van der Waals surface area contributed by atoms with E-state index in [2.05, 4.69) is 20.1 Å². The topological polar surface area (TPSA) is 134 Å². The van der Waals surface area contributed by atoms with Crippen molar-refractivity contribution in [3.05, 3.63) is 77.5 Å². The lowest BCUT2D eigenvalue weighted by molar-refractivity contribution is 0.158. The molecule has 0 spiro atoms. The van der Waals surface area contributed by atoms with Crippen LogP contribution < -0.4 is 10.0 Å². The van der Waals surface area contributed by atoms with Gasteiger partial charge < -0.3 is 20.1 Å². The van der Waals surface area contributed by atoms with Crippen LogP contribution in [0.4, 0.5) is 5.69 Å². The Labute approximate surface area is 233 Å². The van der Waals surface area contributed by atoms with Crippen LogP contribution in [0.15, 0.2) is 66.0 Å². The van der Waals surface area contributed by atoms with Crippen LogP contribution >= 0.6 is 11.6 Å². The van der Waals surface area contributed by atoms with Gasteiger partial charge in [-0.15, -0.1) is 0 Å². The Balaban J connectivity index is 1.38. The van der Waals surface area contributed by atoms with Crippen LogP contribution in [0.1, 0.15) is 37.6 Å². The van der Waals surface area contributed by atoms with Crippen LogP contribution in [-0.4, -0.2) is 50.0 Å². The molecule has 0 bridgehead atoms. The number of aromatic nitrogens is 4. The van der Waals surface area contributed by atoms with E-state index in [0.717, 1.165) is 24.2 Å². The lowest BCUT2D eigenvalue weighted by Crippen LogP contribution is -2.42. The van der Waals surface area contributed by atoms with E-state index >= 15 is 0 Å². The molecule has 208 valence electrons. The second-order valence-electron chi connectivity index (χ2n) is 10.1. The molecule has 2 heterocycles. The quantitative estimate of drug-likeness (QED) is 0.197. The Morgan fingerprint density at radius 1 is 1.15 bits per heavy atom. The number of aryl methyl sites for hydroxylation is 3. The number of phenols is 1. The number of benzene rings is 2. The number of β-amino-alcohol motifs (C(OH)–C–C–N with tert-alkyl or cyclic N) is 1. The Bertz CT molecular complexity index is 1550. The molecule has 10 nitrogen and oxygen atoms in total. The minimum atomic E-state index is -4.13. The summed E-state index contributed by atoms with van der Waals surface area (Å²) >= 11 is 6.13. The zero-order chi connectivity index (χ0) is 28.4. The second-order valence-corrected chi connectivity index (χ2v) is 12.1. The van der Waals surface area contributed by atoms with E-state index in [4.69, 9.17) is 11.6 Å². The summed E-state index contributed by atoms with van der Waals surface area (Å²) in [6.45, 7) is 6.58. The molecule has 0 fully saturated rings. The number of phenolic OH excluding ortho intramolecular Hbond substituents is 1. The molecule has 4 N–H and O–H groups in total. The standard InChI is InChI=1S/C27H33ClN6O4S/c1-18-25(26(28)33(4)31-18)39(37,38)32-21-14-20(10-11-23(21)35)24(36)15-30-27(2,3)12-13-34-16-22(29-17-34)19-8-6-5-7-9-19/h5-11,14,16-17,24,30,32,35-36H,12-13,15H2,1-4H3. The lowest BCUT2D eigenvalue weighted by Gasteiger charge is -2.28. The molecular weight excluding hydrogens is 540 g/mol. The van der Waals surface area contributed by atoms with Crippen molar-refractivity contribution in [3.8, 4) is 17.0 Å². The normalized spacial score (nSPS) is 13.0. The summed E-state index contributed by atoms with van der Waals surface area (Å²) in [5.74, 6) is -0.282. The van der Waals surface area contributed by atoms with E-state index in [1.54, 1.807) is 6.07 Å². The third-order valence-electron chi connectivity index (χ3n) is 6.49. The predicted octanol–water partition coefficient (Wildman–Crippen LogP) is 4.24. The monoisotopic (exact) mass is 572 g/mol. The van der Waals surface area contributed by atoms with Crippen LogP contribution in [-0.2, 0) is 23.6 Å². The van der Waals surface area contributed by atoms with Gasteiger partial charge in [-0.25, -0.2) is 13.4 Å². The molecule has 0 saturated heterocycles. The van der Waals surface area contributed by atoms with Crippen molar-refractivity contribution in [2.24, 2.45) is 7.05 Å². The summed E-state index contributed by atoms with van der Waals surface area (Å²) in [5, 5.41) is 28.5. The fraction of sp³-hybridized carbons (Fsp3) is 0.333. The minimum Gasteiger partial charge on any atom is -0.506 e.